The van der Waals surface area contributed by atoms with Crippen molar-refractivity contribution >= 4 is 40.8 Å². The van der Waals surface area contributed by atoms with Gasteiger partial charge in [-0.25, -0.2) is 4.79 Å². The number of carbonyl (C=O) groups is 2. The molecule has 3 aromatic rings. The topological polar surface area (TPSA) is 93.2 Å². The number of hydrogen-bond donors (Lipinski definition) is 2. The Hall–Kier alpha value is -3.45. The van der Waals surface area contributed by atoms with Gasteiger partial charge in [0.25, 0.3) is 5.91 Å². The standard InChI is InChI=1S/C19H15ClN4O3/c1-27-19(26)13-3-2-4-15(11-13)21-16-9-10-17(24-23-16)22-18(25)12-5-7-14(20)8-6-12/h2-11H,1H3,(H,21,23)(H,22,24,25). The molecule has 27 heavy (non-hydrogen) atoms. The van der Waals surface area contributed by atoms with Gasteiger partial charge in [0.2, 0.25) is 0 Å². The normalized spacial score (nSPS) is 10.1. The highest BCUT2D eigenvalue weighted by Crippen LogP contribution is 2.17. The molecule has 0 aliphatic rings. The summed E-state index contributed by atoms with van der Waals surface area (Å²) in [7, 11) is 1.32. The molecule has 1 amide bonds. The maximum absolute atomic E-state index is 12.1. The van der Waals surface area contributed by atoms with Crippen LogP contribution in [-0.4, -0.2) is 29.2 Å². The van der Waals surface area contributed by atoms with E-state index in [9.17, 15) is 9.59 Å². The number of benzene rings is 2. The summed E-state index contributed by atoms with van der Waals surface area (Å²) in [6.07, 6.45) is 0. The minimum absolute atomic E-state index is 0.309. The molecule has 0 saturated heterocycles. The molecule has 0 saturated carbocycles. The first-order valence-corrected chi connectivity index (χ1v) is 8.29. The van der Waals surface area contributed by atoms with Crippen molar-refractivity contribution < 1.29 is 14.3 Å². The summed E-state index contributed by atoms with van der Waals surface area (Å²) < 4.78 is 4.69. The number of methoxy groups -OCH3 is 1. The minimum Gasteiger partial charge on any atom is -0.465 e. The van der Waals surface area contributed by atoms with Crippen LogP contribution in [0.3, 0.4) is 0 Å². The van der Waals surface area contributed by atoms with Gasteiger partial charge in [0, 0.05) is 16.3 Å². The molecule has 0 unspecified atom stereocenters. The maximum Gasteiger partial charge on any atom is 0.337 e. The van der Waals surface area contributed by atoms with Crippen molar-refractivity contribution in [2.75, 3.05) is 17.7 Å². The molecule has 1 heterocycles. The van der Waals surface area contributed by atoms with E-state index in [4.69, 9.17) is 16.3 Å². The summed E-state index contributed by atoms with van der Waals surface area (Å²) in [6, 6.07) is 16.6. The van der Waals surface area contributed by atoms with Crippen molar-refractivity contribution in [1.29, 1.82) is 0 Å². The Morgan fingerprint density at radius 1 is 0.926 bits per heavy atom. The minimum atomic E-state index is -0.426. The summed E-state index contributed by atoms with van der Waals surface area (Å²) in [6.45, 7) is 0. The molecule has 2 aromatic carbocycles. The van der Waals surface area contributed by atoms with Gasteiger partial charge in [-0.1, -0.05) is 17.7 Å². The second-order valence-electron chi connectivity index (χ2n) is 5.46. The number of aromatic nitrogens is 2. The Kier molecular flexibility index (Phi) is 5.63. The van der Waals surface area contributed by atoms with Crippen LogP contribution in [0.2, 0.25) is 5.02 Å². The Labute approximate surface area is 160 Å². The number of halogens is 1. The van der Waals surface area contributed by atoms with Gasteiger partial charge in [-0.2, -0.15) is 0 Å². The third-order valence-corrected chi connectivity index (χ3v) is 3.82. The molecule has 8 heteroatoms. The van der Waals surface area contributed by atoms with Gasteiger partial charge in [-0.15, -0.1) is 10.2 Å². The number of hydrogen-bond acceptors (Lipinski definition) is 6. The van der Waals surface area contributed by atoms with Crippen LogP contribution in [0.4, 0.5) is 17.3 Å². The van der Waals surface area contributed by atoms with E-state index in [2.05, 4.69) is 20.8 Å². The molecule has 0 spiro atoms. The largest absolute Gasteiger partial charge is 0.465 e. The molecular weight excluding hydrogens is 368 g/mol. The van der Waals surface area contributed by atoms with Crippen LogP contribution in [0, 0.1) is 0 Å². The van der Waals surface area contributed by atoms with Crippen LogP contribution >= 0.6 is 11.6 Å². The highest BCUT2D eigenvalue weighted by molar-refractivity contribution is 6.30. The Morgan fingerprint density at radius 2 is 1.63 bits per heavy atom. The third kappa shape index (κ3) is 4.80. The molecule has 136 valence electrons. The lowest BCUT2D eigenvalue weighted by Crippen LogP contribution is -2.13. The third-order valence-electron chi connectivity index (χ3n) is 3.57. The van der Waals surface area contributed by atoms with E-state index in [-0.39, 0.29) is 5.91 Å². The van der Waals surface area contributed by atoms with E-state index in [0.29, 0.717) is 33.5 Å². The predicted molar refractivity (Wildman–Crippen MR) is 103 cm³/mol. The Bertz CT molecular complexity index is 959. The molecule has 1 aromatic heterocycles. The first-order chi connectivity index (χ1) is 13.0. The van der Waals surface area contributed by atoms with E-state index in [1.54, 1.807) is 60.7 Å². The molecule has 7 nitrogen and oxygen atoms in total. The fraction of sp³-hybridized carbons (Fsp3) is 0.0526. The highest BCUT2D eigenvalue weighted by Gasteiger charge is 2.08. The average Bonchev–Trinajstić information content (AvgIpc) is 2.69. The van der Waals surface area contributed by atoms with E-state index < -0.39 is 5.97 Å². The van der Waals surface area contributed by atoms with Crippen LogP contribution < -0.4 is 10.6 Å². The lowest BCUT2D eigenvalue weighted by Gasteiger charge is -2.08. The van der Waals surface area contributed by atoms with Crippen molar-refractivity contribution in [3.05, 3.63) is 76.8 Å². The van der Waals surface area contributed by atoms with Crippen LogP contribution in [0.1, 0.15) is 20.7 Å². The second kappa shape index (κ2) is 8.29. The number of rotatable bonds is 5. The molecule has 0 radical (unpaired) electrons. The number of nitrogens with zero attached hydrogens (tertiary/aromatic N) is 2. The lowest BCUT2D eigenvalue weighted by molar-refractivity contribution is 0.0600. The van der Waals surface area contributed by atoms with Gasteiger partial charge in [-0.3, -0.25) is 4.79 Å². The molecule has 0 atom stereocenters. The molecular formula is C19H15ClN4O3. The van der Waals surface area contributed by atoms with Crippen LogP contribution in [0.5, 0.6) is 0 Å². The molecule has 0 aliphatic carbocycles. The smallest absolute Gasteiger partial charge is 0.337 e. The van der Waals surface area contributed by atoms with Crippen molar-refractivity contribution in [2.45, 2.75) is 0 Å². The first-order valence-electron chi connectivity index (χ1n) is 7.91. The predicted octanol–water partition coefficient (Wildman–Crippen LogP) is 3.91. The quantitative estimate of drug-likeness (QED) is 0.650. The fourth-order valence-corrected chi connectivity index (χ4v) is 2.37. The van der Waals surface area contributed by atoms with Gasteiger partial charge in [0.15, 0.2) is 11.6 Å². The summed E-state index contributed by atoms with van der Waals surface area (Å²) in [5.41, 5.74) is 1.54. The number of ether oxygens (including phenoxy) is 1. The maximum atomic E-state index is 12.1. The zero-order valence-corrected chi connectivity index (χ0v) is 15.0. The van der Waals surface area contributed by atoms with E-state index in [1.165, 1.54) is 7.11 Å². The van der Waals surface area contributed by atoms with Crippen molar-refractivity contribution in [2.24, 2.45) is 0 Å². The molecule has 0 fully saturated rings. The van der Waals surface area contributed by atoms with Gasteiger partial charge in [0.05, 0.1) is 12.7 Å². The number of nitrogens with one attached hydrogen (secondary N) is 2. The zero-order valence-electron chi connectivity index (χ0n) is 14.3. The Morgan fingerprint density at radius 3 is 2.30 bits per heavy atom. The second-order valence-corrected chi connectivity index (χ2v) is 5.90. The number of esters is 1. The summed E-state index contributed by atoms with van der Waals surface area (Å²) in [5, 5.41) is 14.2. The van der Waals surface area contributed by atoms with E-state index >= 15 is 0 Å². The average molecular weight is 383 g/mol. The number of amides is 1. The van der Waals surface area contributed by atoms with E-state index in [1.807, 2.05) is 0 Å². The van der Waals surface area contributed by atoms with Crippen molar-refractivity contribution in [3.8, 4) is 0 Å². The summed E-state index contributed by atoms with van der Waals surface area (Å²) >= 11 is 5.81. The summed E-state index contributed by atoms with van der Waals surface area (Å²) in [4.78, 5) is 23.7. The molecule has 3 rings (SSSR count). The van der Waals surface area contributed by atoms with Gasteiger partial charge in [-0.05, 0) is 54.6 Å². The lowest BCUT2D eigenvalue weighted by atomic mass is 10.2. The molecule has 0 bridgehead atoms. The van der Waals surface area contributed by atoms with E-state index in [0.717, 1.165) is 0 Å². The van der Waals surface area contributed by atoms with Crippen LogP contribution in [0.25, 0.3) is 0 Å². The van der Waals surface area contributed by atoms with Crippen molar-refractivity contribution in [1.82, 2.24) is 10.2 Å². The molecule has 2 N–H and O–H groups in total. The number of anilines is 3. The molecule has 0 aliphatic heterocycles. The Balaban J connectivity index is 1.66. The monoisotopic (exact) mass is 382 g/mol. The number of carbonyl (C=O) groups excluding carboxylic acids is 2. The SMILES string of the molecule is COC(=O)c1cccc(Nc2ccc(NC(=O)c3ccc(Cl)cc3)nn2)c1. The van der Waals surface area contributed by atoms with Gasteiger partial charge < -0.3 is 15.4 Å². The zero-order chi connectivity index (χ0) is 19.2. The highest BCUT2D eigenvalue weighted by atomic mass is 35.5. The van der Waals surface area contributed by atoms with Crippen LogP contribution in [-0.2, 0) is 4.74 Å². The van der Waals surface area contributed by atoms with Gasteiger partial charge in [0.1, 0.15) is 0 Å². The first kappa shape index (κ1) is 18.3. The van der Waals surface area contributed by atoms with Crippen molar-refractivity contribution in [3.63, 3.8) is 0 Å². The van der Waals surface area contributed by atoms with Gasteiger partial charge >= 0.3 is 5.97 Å². The summed E-state index contributed by atoms with van der Waals surface area (Å²) in [5.74, 6) is 0.0303. The van der Waals surface area contributed by atoms with Crippen LogP contribution in [0.15, 0.2) is 60.7 Å². The fourth-order valence-electron chi connectivity index (χ4n) is 2.25.